The van der Waals surface area contributed by atoms with Crippen molar-refractivity contribution in [2.24, 2.45) is 5.92 Å². The maximum Gasteiger partial charge on any atom is 0.343 e. The Kier molecular flexibility index (Phi) is 6.11. The molecule has 0 spiro atoms. The fraction of sp³-hybridized carbons (Fsp3) is 0.500. The third-order valence-electron chi connectivity index (χ3n) is 7.34. The zero-order valence-electron chi connectivity index (χ0n) is 19.3. The van der Waals surface area contributed by atoms with E-state index in [1.165, 1.54) is 0 Å². The standard InChI is InChI=1S/C26H32NO5P/c1-3-30-33(29,31-4-2)24-23-20-14-8-9-16-22(20)32-26(17-11-10-15-21(23)26)27(25(24)28)18-19-12-6-5-7-13-19/h5-9,12-14,16,21,23-24H,3-4,10-11,15,17-18H2,1-2H3/t21-,23+,24-,26-/m1/s1. The maximum absolute atomic E-state index is 14.3. The van der Waals surface area contributed by atoms with E-state index in [2.05, 4.69) is 0 Å². The van der Waals surface area contributed by atoms with Crippen LogP contribution in [0.2, 0.25) is 0 Å². The van der Waals surface area contributed by atoms with Gasteiger partial charge in [0.2, 0.25) is 5.91 Å². The van der Waals surface area contributed by atoms with Crippen LogP contribution in [0.3, 0.4) is 0 Å². The molecule has 2 fully saturated rings. The fourth-order valence-electron chi connectivity index (χ4n) is 6.14. The van der Waals surface area contributed by atoms with Crippen molar-refractivity contribution >= 4 is 13.5 Å². The number of nitrogens with zero attached hydrogens (tertiary/aromatic N) is 1. The number of carbonyl (C=O) groups is 1. The first kappa shape index (κ1) is 22.6. The Labute approximate surface area is 195 Å². The quantitative estimate of drug-likeness (QED) is 0.485. The first-order valence-electron chi connectivity index (χ1n) is 12.1. The molecule has 0 aromatic heterocycles. The minimum Gasteiger partial charge on any atom is -0.467 e. The van der Waals surface area contributed by atoms with E-state index >= 15 is 0 Å². The van der Waals surface area contributed by atoms with Gasteiger partial charge in [0.15, 0.2) is 5.72 Å². The lowest BCUT2D eigenvalue weighted by Crippen LogP contribution is -2.70. The third-order valence-corrected chi connectivity index (χ3v) is 9.80. The number of hydrogen-bond acceptors (Lipinski definition) is 5. The molecule has 0 N–H and O–H groups in total. The molecule has 1 aliphatic carbocycles. The summed E-state index contributed by atoms with van der Waals surface area (Å²) >= 11 is 0. The van der Waals surface area contributed by atoms with Gasteiger partial charge in [-0.05, 0) is 43.9 Å². The van der Waals surface area contributed by atoms with Gasteiger partial charge < -0.3 is 13.8 Å². The summed E-state index contributed by atoms with van der Waals surface area (Å²) in [6.45, 7) is 4.44. The maximum atomic E-state index is 14.3. The Morgan fingerprint density at radius 1 is 1.03 bits per heavy atom. The van der Waals surface area contributed by atoms with Gasteiger partial charge in [0.25, 0.3) is 0 Å². The average molecular weight is 470 g/mol. The van der Waals surface area contributed by atoms with Crippen molar-refractivity contribution in [2.45, 2.75) is 63.4 Å². The number of piperidine rings is 1. The van der Waals surface area contributed by atoms with E-state index in [9.17, 15) is 9.36 Å². The molecule has 6 nitrogen and oxygen atoms in total. The van der Waals surface area contributed by atoms with Gasteiger partial charge in [-0.3, -0.25) is 14.3 Å². The number of amides is 1. The predicted octanol–water partition coefficient (Wildman–Crippen LogP) is 5.73. The summed E-state index contributed by atoms with van der Waals surface area (Å²) in [5, 5.41) is 0. The van der Waals surface area contributed by atoms with Crippen molar-refractivity contribution in [2.75, 3.05) is 13.2 Å². The van der Waals surface area contributed by atoms with Gasteiger partial charge in [-0.2, -0.15) is 0 Å². The number of likely N-dealkylation sites (tertiary alicyclic amines) is 1. The second kappa shape index (κ2) is 8.90. The van der Waals surface area contributed by atoms with Crippen molar-refractivity contribution in [1.29, 1.82) is 0 Å². The topological polar surface area (TPSA) is 65.1 Å². The number of rotatable bonds is 7. The van der Waals surface area contributed by atoms with Crippen LogP contribution in [-0.2, 0) is 25.0 Å². The molecule has 4 atom stereocenters. The largest absolute Gasteiger partial charge is 0.467 e. The highest BCUT2D eigenvalue weighted by Gasteiger charge is 2.67. The van der Waals surface area contributed by atoms with Gasteiger partial charge >= 0.3 is 7.60 Å². The Bertz CT molecular complexity index is 1050. The lowest BCUT2D eigenvalue weighted by Gasteiger charge is -2.61. The van der Waals surface area contributed by atoms with E-state index in [-0.39, 0.29) is 31.0 Å². The Morgan fingerprint density at radius 3 is 2.45 bits per heavy atom. The van der Waals surface area contributed by atoms with E-state index < -0.39 is 19.0 Å². The molecular weight excluding hydrogens is 437 g/mol. The summed E-state index contributed by atoms with van der Waals surface area (Å²) in [5.74, 6) is 0.345. The molecule has 2 aromatic rings. The molecule has 1 saturated carbocycles. The lowest BCUT2D eigenvalue weighted by atomic mass is 9.64. The van der Waals surface area contributed by atoms with Crippen LogP contribution < -0.4 is 4.74 Å². The van der Waals surface area contributed by atoms with Crippen LogP contribution in [0.25, 0.3) is 0 Å². The average Bonchev–Trinajstić information content (AvgIpc) is 2.82. The minimum absolute atomic E-state index is 0.0294. The first-order chi connectivity index (χ1) is 16.0. The molecule has 0 radical (unpaired) electrons. The van der Waals surface area contributed by atoms with Crippen molar-refractivity contribution in [3.8, 4) is 5.75 Å². The number of fused-ring (bicyclic) bond motifs is 2. The van der Waals surface area contributed by atoms with Crippen LogP contribution in [-0.4, -0.2) is 35.4 Å². The second-order valence-corrected chi connectivity index (χ2v) is 11.2. The zero-order valence-corrected chi connectivity index (χ0v) is 20.2. The highest BCUT2D eigenvalue weighted by molar-refractivity contribution is 7.55. The van der Waals surface area contributed by atoms with Gasteiger partial charge in [-0.15, -0.1) is 0 Å². The number of para-hydroxylation sites is 1. The molecule has 2 aromatic carbocycles. The highest BCUT2D eigenvalue weighted by Crippen LogP contribution is 2.67. The molecule has 2 bridgehead atoms. The predicted molar refractivity (Wildman–Crippen MR) is 126 cm³/mol. The van der Waals surface area contributed by atoms with Crippen molar-refractivity contribution in [3.63, 3.8) is 0 Å². The van der Waals surface area contributed by atoms with Gasteiger partial charge in [0, 0.05) is 24.8 Å². The zero-order chi connectivity index (χ0) is 23.1. The van der Waals surface area contributed by atoms with Gasteiger partial charge in [0.1, 0.15) is 11.4 Å². The Morgan fingerprint density at radius 2 is 1.73 bits per heavy atom. The first-order valence-corrected chi connectivity index (χ1v) is 13.7. The summed E-state index contributed by atoms with van der Waals surface area (Å²) in [5.41, 5.74) is 0.329. The van der Waals surface area contributed by atoms with Crippen LogP contribution in [0.1, 0.15) is 56.6 Å². The fourth-order valence-corrected chi connectivity index (χ4v) is 8.43. The number of hydrogen-bond donors (Lipinski definition) is 0. The molecule has 1 saturated heterocycles. The summed E-state index contributed by atoms with van der Waals surface area (Å²) in [7, 11) is -3.73. The monoisotopic (exact) mass is 469 g/mol. The van der Waals surface area contributed by atoms with Crippen molar-refractivity contribution in [3.05, 3.63) is 65.7 Å². The van der Waals surface area contributed by atoms with Crippen LogP contribution in [0, 0.1) is 5.92 Å². The van der Waals surface area contributed by atoms with Gasteiger partial charge in [-0.25, -0.2) is 0 Å². The number of benzene rings is 2. The number of ether oxygens (including phenoxy) is 1. The van der Waals surface area contributed by atoms with Crippen molar-refractivity contribution in [1.82, 2.24) is 4.90 Å². The normalized spacial score (nSPS) is 28.6. The Balaban J connectivity index is 1.70. The summed E-state index contributed by atoms with van der Waals surface area (Å²) in [4.78, 5) is 16.2. The lowest BCUT2D eigenvalue weighted by molar-refractivity contribution is -0.201. The molecule has 7 heteroatoms. The third kappa shape index (κ3) is 3.63. The van der Waals surface area contributed by atoms with E-state index in [4.69, 9.17) is 13.8 Å². The summed E-state index contributed by atoms with van der Waals surface area (Å²) in [6.07, 6.45) is 3.72. The molecule has 2 aliphatic heterocycles. The van der Waals surface area contributed by atoms with Gasteiger partial charge in [0.05, 0.1) is 13.2 Å². The highest BCUT2D eigenvalue weighted by atomic mass is 31.2. The minimum atomic E-state index is -3.73. The molecular formula is C26H32NO5P. The second-order valence-electron chi connectivity index (χ2n) is 9.09. The van der Waals surface area contributed by atoms with Crippen LogP contribution in [0.4, 0.5) is 0 Å². The molecule has 2 heterocycles. The van der Waals surface area contributed by atoms with E-state index in [1.54, 1.807) is 13.8 Å². The van der Waals surface area contributed by atoms with E-state index in [0.717, 1.165) is 42.6 Å². The van der Waals surface area contributed by atoms with Crippen LogP contribution >= 0.6 is 7.60 Å². The van der Waals surface area contributed by atoms with Gasteiger partial charge in [-0.1, -0.05) is 55.0 Å². The van der Waals surface area contributed by atoms with Crippen LogP contribution in [0.5, 0.6) is 5.75 Å². The Hall–Kier alpha value is -2.14. The smallest absolute Gasteiger partial charge is 0.343 e. The summed E-state index contributed by atoms with van der Waals surface area (Å²) in [6, 6.07) is 17.8. The molecule has 1 amide bonds. The van der Waals surface area contributed by atoms with Crippen molar-refractivity contribution < 1.29 is 23.1 Å². The van der Waals surface area contributed by atoms with E-state index in [0.29, 0.717) is 6.54 Å². The molecule has 5 rings (SSSR count). The molecule has 0 unspecified atom stereocenters. The molecule has 3 aliphatic rings. The molecule has 176 valence electrons. The van der Waals surface area contributed by atoms with E-state index in [1.807, 2.05) is 59.5 Å². The summed E-state index contributed by atoms with van der Waals surface area (Å²) < 4.78 is 32.6. The van der Waals surface area contributed by atoms with Crippen LogP contribution in [0.15, 0.2) is 54.6 Å². The number of carbonyl (C=O) groups excluding carboxylic acids is 1. The SMILES string of the molecule is CCOP(=O)(OCC)[C@H]1C(=O)N(Cc2ccccc2)[C@@]23CCCC[C@@H]2[C@@H]1c1ccccc1O3. The molecule has 33 heavy (non-hydrogen) atoms.